The van der Waals surface area contributed by atoms with Crippen molar-refractivity contribution < 1.29 is 55.8 Å². The van der Waals surface area contributed by atoms with Gasteiger partial charge in [-0.2, -0.15) is 0 Å². The Hall–Kier alpha value is -13.0. The summed E-state index contributed by atoms with van der Waals surface area (Å²) in [5, 5.41) is 0. The van der Waals surface area contributed by atoms with Gasteiger partial charge in [0.2, 0.25) is 41.2 Å². The molecule has 0 spiro atoms. The van der Waals surface area contributed by atoms with Crippen LogP contribution in [0.4, 0.5) is 4.39 Å². The minimum absolute atomic E-state index is 0.00493. The van der Waals surface area contributed by atoms with Crippen LogP contribution in [0.3, 0.4) is 0 Å². The first-order valence-corrected chi connectivity index (χ1v) is 41.6. The topological polar surface area (TPSA) is 312 Å². The summed E-state index contributed by atoms with van der Waals surface area (Å²) in [4.78, 5) is 114. The molecule has 8 aliphatic heterocycles. The molecule has 12 aromatic heterocycles. The third-order valence-electron chi connectivity index (χ3n) is 24.3. The maximum absolute atomic E-state index is 14.4. The van der Waals surface area contributed by atoms with Gasteiger partial charge in [0.25, 0.3) is 23.6 Å². The lowest BCUT2D eigenvalue weighted by Crippen LogP contribution is -2.59. The summed E-state index contributed by atoms with van der Waals surface area (Å²) in [6.07, 6.45) is 32.7. The van der Waals surface area contributed by atoms with Gasteiger partial charge in [0.05, 0.1) is 65.0 Å². The van der Waals surface area contributed by atoms with Crippen molar-refractivity contribution in [3.05, 3.63) is 251 Å². The Bertz CT molecular complexity index is 5460. The van der Waals surface area contributed by atoms with Crippen LogP contribution in [-0.4, -0.2) is 178 Å². The molecule has 4 amide bonds. The van der Waals surface area contributed by atoms with Gasteiger partial charge in [0.1, 0.15) is 71.7 Å². The highest BCUT2D eigenvalue weighted by atomic mass is 19.1. The highest BCUT2D eigenvalue weighted by Crippen LogP contribution is 2.44. The highest BCUT2D eigenvalue weighted by Gasteiger charge is 2.50. The summed E-state index contributed by atoms with van der Waals surface area (Å²) in [5.74, 6) is 4.35. The number of pyridine rings is 9. The standard InChI is InChI=1S/C24H23FN4O2.3C23H24N4O3/c1-15-6-9-21(28-13-15)31-20-12-16-7-8-19(20)29(14-16)24(30)17-4-2-10-26-22(17)23-18(25)5-3-11-27-23;1-14-3-8-20(25-12-14)30-19-11-16-5-7-18(19)27(13-16)23(28)17-6-4-15(2)26-21(17)22-24-9-10-29-22;1-14-3-8-20(25-12-14)30-19-11-16-5-7-18(19)27(13-16)23(28)21-17(6-4-15(2)26-21)22-24-9-10-29-22;1-14-3-6-20(25-11-14)30-19-10-16-4-5-18(19)27(13-16)23(28)21-17(9-15(2)12-26-21)22-24-7-8-29-22/h2-6,9-11,13,16,19-20H,7-8,12,14H2,1H3;2*3-4,6,8-10,12,16,18-19H,5,7,11,13H2,1-2H3;3,6-9,11-12,16,18-19H,4-5,10,13H2,1-2H3. The normalized spacial score (nSPS) is 22.7. The molecule has 12 atom stereocenters. The summed E-state index contributed by atoms with van der Waals surface area (Å²) < 4.78 is 55.6. The van der Waals surface area contributed by atoms with Crippen LogP contribution in [0.5, 0.6) is 23.5 Å². The minimum atomic E-state index is -0.498. The fourth-order valence-electron chi connectivity index (χ4n) is 18.3. The van der Waals surface area contributed by atoms with E-state index < -0.39 is 5.82 Å². The summed E-state index contributed by atoms with van der Waals surface area (Å²) in [6, 6.07) is 31.0. The second-order valence-electron chi connectivity index (χ2n) is 33.0. The van der Waals surface area contributed by atoms with Gasteiger partial charge in [0.15, 0.2) is 5.82 Å². The molecule has 8 bridgehead atoms. The Morgan fingerprint density at radius 2 is 0.727 bits per heavy atom. The summed E-state index contributed by atoms with van der Waals surface area (Å²) in [7, 11) is 0. The van der Waals surface area contributed by atoms with Crippen LogP contribution >= 0.6 is 0 Å². The van der Waals surface area contributed by atoms with Gasteiger partial charge in [-0.15, -0.1) is 0 Å². The van der Waals surface area contributed by atoms with E-state index in [0.717, 1.165) is 136 Å². The molecular weight excluding hydrogens is 1540 g/mol. The average Bonchev–Trinajstić information content (AvgIpc) is 1.15. The number of aromatic nitrogens is 12. The van der Waals surface area contributed by atoms with Crippen LogP contribution in [0.15, 0.2) is 197 Å². The van der Waals surface area contributed by atoms with E-state index in [-0.39, 0.29) is 83.6 Å². The summed E-state index contributed by atoms with van der Waals surface area (Å²) in [5.41, 5.74) is 10.6. The second-order valence-corrected chi connectivity index (χ2v) is 33.0. The summed E-state index contributed by atoms with van der Waals surface area (Å²) >= 11 is 0. The number of oxazole rings is 3. The van der Waals surface area contributed by atoms with Gasteiger partial charge in [-0.25, -0.2) is 54.2 Å². The molecule has 4 aliphatic carbocycles. The molecule has 12 fully saturated rings. The number of ether oxygens (including phenoxy) is 4. The van der Waals surface area contributed by atoms with Crippen LogP contribution in [0.2, 0.25) is 0 Å². The van der Waals surface area contributed by atoms with E-state index in [0.29, 0.717) is 111 Å². The van der Waals surface area contributed by atoms with Gasteiger partial charge >= 0.3 is 0 Å². The van der Waals surface area contributed by atoms with Crippen molar-refractivity contribution in [3.8, 4) is 69.4 Å². The zero-order valence-electron chi connectivity index (χ0n) is 68.6. The molecule has 24 rings (SSSR count). The number of nitrogens with zero attached hydrogens (tertiary/aromatic N) is 16. The summed E-state index contributed by atoms with van der Waals surface area (Å²) in [6.45, 7) is 16.6. The Morgan fingerprint density at radius 3 is 1.14 bits per heavy atom. The first kappa shape index (κ1) is 80.4. The van der Waals surface area contributed by atoms with E-state index in [2.05, 4.69) is 59.8 Å². The number of rotatable bonds is 16. The van der Waals surface area contributed by atoms with E-state index in [9.17, 15) is 23.6 Å². The maximum Gasteiger partial charge on any atom is 0.273 e. The molecule has 620 valence electrons. The lowest BCUT2D eigenvalue weighted by molar-refractivity contribution is -0.0316. The maximum atomic E-state index is 14.4. The molecule has 0 aromatic carbocycles. The number of carbonyl (C=O) groups is 4. The van der Waals surface area contributed by atoms with Crippen LogP contribution in [0, 0.1) is 78.0 Å². The zero-order chi connectivity index (χ0) is 83.4. The Labute approximate surface area is 700 Å². The monoisotopic (exact) mass is 1630 g/mol. The van der Waals surface area contributed by atoms with E-state index in [1.54, 1.807) is 67.9 Å². The first-order valence-electron chi connectivity index (χ1n) is 41.6. The molecule has 4 saturated carbocycles. The fraction of sp³-hybridized carbons (Fsp3) is 0.376. The molecule has 28 heteroatoms. The van der Waals surface area contributed by atoms with Crippen molar-refractivity contribution in [1.29, 1.82) is 0 Å². The third kappa shape index (κ3) is 17.9. The molecule has 27 nitrogen and oxygen atoms in total. The van der Waals surface area contributed by atoms with Crippen LogP contribution in [0.1, 0.15) is 158 Å². The average molecular weight is 1630 g/mol. The largest absolute Gasteiger partial charge is 0.472 e. The second kappa shape index (κ2) is 35.5. The number of carbonyl (C=O) groups excluding carboxylic acids is 4. The minimum Gasteiger partial charge on any atom is -0.472 e. The van der Waals surface area contributed by atoms with E-state index >= 15 is 0 Å². The Morgan fingerprint density at radius 1 is 0.347 bits per heavy atom. The van der Waals surface area contributed by atoms with Crippen molar-refractivity contribution in [3.63, 3.8) is 0 Å². The quantitative estimate of drug-likeness (QED) is 0.0867. The Kier molecular flexibility index (Phi) is 23.6. The highest BCUT2D eigenvalue weighted by molar-refractivity contribution is 6.01. The van der Waals surface area contributed by atoms with E-state index in [1.165, 1.54) is 37.1 Å². The van der Waals surface area contributed by atoms with Crippen molar-refractivity contribution in [2.45, 2.75) is 174 Å². The van der Waals surface area contributed by atoms with Crippen molar-refractivity contribution in [2.75, 3.05) is 26.2 Å². The molecule has 20 heterocycles. The molecule has 8 saturated heterocycles. The molecule has 0 radical (unpaired) electrons. The predicted octanol–water partition coefficient (Wildman–Crippen LogP) is 15.5. The molecule has 12 unspecified atom stereocenters. The van der Waals surface area contributed by atoms with Gasteiger partial charge in [-0.3, -0.25) is 29.1 Å². The van der Waals surface area contributed by atoms with E-state index in [4.69, 9.17) is 32.2 Å². The number of hydrogen-bond donors (Lipinski definition) is 0. The van der Waals surface area contributed by atoms with Crippen LogP contribution < -0.4 is 18.9 Å². The number of hydrogen-bond acceptors (Lipinski definition) is 23. The number of fused-ring (bicyclic) bond motifs is 12. The van der Waals surface area contributed by atoms with Gasteiger partial charge < -0.3 is 51.8 Å². The van der Waals surface area contributed by atoms with Gasteiger partial charge in [0, 0.05) is 105 Å². The smallest absolute Gasteiger partial charge is 0.273 e. The number of halogens is 1. The van der Waals surface area contributed by atoms with Crippen molar-refractivity contribution >= 4 is 23.6 Å². The van der Waals surface area contributed by atoms with E-state index in [1.807, 2.05) is 147 Å². The lowest BCUT2D eigenvalue weighted by Gasteiger charge is -2.49. The van der Waals surface area contributed by atoms with Crippen LogP contribution in [0.25, 0.3) is 45.9 Å². The SMILES string of the molecule is Cc1ccc(OC2CC3CCC2N(C(=O)c2ccc(C)nc2-c2ncco2)C3)nc1.Cc1ccc(OC2CC3CCC2N(C(=O)c2cccnc2-c2ncccc2F)C3)nc1.Cc1ccc(OC2CC3CCC2N(C(=O)c2nc(C)ccc2-c2ncco2)C3)nc1.Cc1ccc(OC2CC3CCC2N(C(=O)c2ncc(C)cc2-c2ncco2)C3)nc1. The predicted molar refractivity (Wildman–Crippen MR) is 443 cm³/mol. The number of aryl methyl sites for hydroxylation is 7. The Balaban J connectivity index is 0.000000115. The van der Waals surface area contributed by atoms with Gasteiger partial charge in [-0.05, 0) is 232 Å². The molecule has 12 aliphatic rings. The lowest BCUT2D eigenvalue weighted by atomic mass is 9.77. The molecule has 121 heavy (non-hydrogen) atoms. The van der Waals surface area contributed by atoms with Crippen LogP contribution in [-0.2, 0) is 0 Å². The number of piperidine rings is 8. The third-order valence-corrected chi connectivity index (χ3v) is 24.3. The number of amides is 4. The first-order chi connectivity index (χ1) is 58.8. The molecule has 0 N–H and O–H groups in total. The van der Waals surface area contributed by atoms with Crippen molar-refractivity contribution in [2.24, 2.45) is 23.7 Å². The molecule has 12 aromatic rings. The van der Waals surface area contributed by atoms with Crippen molar-refractivity contribution in [1.82, 2.24) is 79.4 Å². The zero-order valence-corrected chi connectivity index (χ0v) is 68.6. The van der Waals surface area contributed by atoms with Gasteiger partial charge in [-0.1, -0.05) is 24.3 Å². The molecular formula is C93H95FN16O11. The fourth-order valence-corrected chi connectivity index (χ4v) is 18.3.